The first-order valence-corrected chi connectivity index (χ1v) is 9.79. The summed E-state index contributed by atoms with van der Waals surface area (Å²) in [6.45, 7) is 4.01. The second-order valence-electron chi connectivity index (χ2n) is 6.25. The molecule has 158 valence electrons. The Morgan fingerprint density at radius 1 is 1.27 bits per heavy atom. The van der Waals surface area contributed by atoms with E-state index in [2.05, 4.69) is 15.3 Å². The van der Waals surface area contributed by atoms with E-state index in [9.17, 15) is 4.79 Å². The Labute approximate surface area is 183 Å². The summed E-state index contributed by atoms with van der Waals surface area (Å²) in [5, 5.41) is 3.03. The van der Waals surface area contributed by atoms with Gasteiger partial charge in [-0.25, -0.2) is 4.98 Å². The van der Waals surface area contributed by atoms with Crippen LogP contribution in [0, 0.1) is 0 Å². The third-order valence-electron chi connectivity index (χ3n) is 4.08. The van der Waals surface area contributed by atoms with Gasteiger partial charge < -0.3 is 24.9 Å². The number of hydrogen-bond donors (Lipinski definition) is 2. The number of pyridine rings is 1. The van der Waals surface area contributed by atoms with Gasteiger partial charge in [-0.05, 0) is 32.0 Å². The highest BCUT2D eigenvalue weighted by Crippen LogP contribution is 2.34. The van der Waals surface area contributed by atoms with E-state index in [-0.39, 0.29) is 33.1 Å². The summed E-state index contributed by atoms with van der Waals surface area (Å²) < 4.78 is 16.7. The molecule has 1 atom stereocenters. The fraction of sp³-hybridized carbons (Fsp3) is 0.250. The van der Waals surface area contributed by atoms with Crippen molar-refractivity contribution in [3.8, 4) is 23.0 Å². The fourth-order valence-corrected chi connectivity index (χ4v) is 3.17. The zero-order valence-electron chi connectivity index (χ0n) is 16.5. The standard InChI is InChI=1S/C20H20Cl2N4O4/c1-4-29-15-7-11(5-6-14(15)28-3)20-26-17(18(30-20)10(2)23)19(27)25-16-12(21)8-24-9-13(16)22/h5-10H,4,23H2,1-3H3,(H,24,25,27)/t10-/m0/s1. The van der Waals surface area contributed by atoms with Crippen LogP contribution in [0.3, 0.4) is 0 Å². The highest BCUT2D eigenvalue weighted by atomic mass is 35.5. The first-order chi connectivity index (χ1) is 14.3. The molecule has 2 heterocycles. The van der Waals surface area contributed by atoms with Crippen LogP contribution in [0.5, 0.6) is 11.5 Å². The molecule has 1 aromatic carbocycles. The molecule has 0 bridgehead atoms. The lowest BCUT2D eigenvalue weighted by molar-refractivity contribution is 0.102. The summed E-state index contributed by atoms with van der Waals surface area (Å²) in [4.78, 5) is 21.1. The monoisotopic (exact) mass is 450 g/mol. The van der Waals surface area contributed by atoms with Crippen LogP contribution in [0.2, 0.25) is 10.0 Å². The smallest absolute Gasteiger partial charge is 0.278 e. The topological polar surface area (TPSA) is 112 Å². The van der Waals surface area contributed by atoms with Crippen LogP contribution in [-0.2, 0) is 0 Å². The first kappa shape index (κ1) is 21.9. The lowest BCUT2D eigenvalue weighted by atomic mass is 10.2. The van der Waals surface area contributed by atoms with Crippen LogP contribution in [0.15, 0.2) is 35.0 Å². The van der Waals surface area contributed by atoms with E-state index in [1.807, 2.05) is 6.92 Å². The highest BCUT2D eigenvalue weighted by Gasteiger charge is 2.25. The Balaban J connectivity index is 2.00. The molecular formula is C20H20Cl2N4O4. The Hall–Kier alpha value is -2.81. The van der Waals surface area contributed by atoms with Gasteiger partial charge in [-0.15, -0.1) is 0 Å². The van der Waals surface area contributed by atoms with Crippen LogP contribution in [0.25, 0.3) is 11.5 Å². The van der Waals surface area contributed by atoms with E-state index in [1.54, 1.807) is 32.2 Å². The molecule has 0 saturated carbocycles. The minimum Gasteiger partial charge on any atom is -0.493 e. The van der Waals surface area contributed by atoms with Gasteiger partial charge in [-0.3, -0.25) is 9.78 Å². The van der Waals surface area contributed by atoms with Crippen LogP contribution in [0.1, 0.15) is 36.1 Å². The van der Waals surface area contributed by atoms with Crippen molar-refractivity contribution in [1.82, 2.24) is 9.97 Å². The number of hydrogen-bond acceptors (Lipinski definition) is 7. The van der Waals surface area contributed by atoms with Crippen LogP contribution < -0.4 is 20.5 Å². The number of methoxy groups -OCH3 is 1. The number of ether oxygens (including phenoxy) is 2. The maximum absolute atomic E-state index is 12.9. The van der Waals surface area contributed by atoms with Gasteiger partial charge in [0.1, 0.15) is 0 Å². The minimum atomic E-state index is -0.583. The van der Waals surface area contributed by atoms with Gasteiger partial charge in [0.2, 0.25) is 5.89 Å². The number of carbonyl (C=O) groups is 1. The number of aromatic nitrogens is 2. The Morgan fingerprint density at radius 3 is 2.57 bits per heavy atom. The van der Waals surface area contributed by atoms with Crippen molar-refractivity contribution in [2.24, 2.45) is 5.73 Å². The lowest BCUT2D eigenvalue weighted by Crippen LogP contribution is -2.17. The molecule has 0 aliphatic carbocycles. The molecule has 3 N–H and O–H groups in total. The molecule has 0 unspecified atom stereocenters. The minimum absolute atomic E-state index is 0.0257. The Kier molecular flexibility index (Phi) is 6.81. The zero-order valence-corrected chi connectivity index (χ0v) is 18.0. The van der Waals surface area contributed by atoms with Crippen molar-refractivity contribution in [3.63, 3.8) is 0 Å². The van der Waals surface area contributed by atoms with Crippen LogP contribution in [0.4, 0.5) is 5.69 Å². The normalized spacial score (nSPS) is 11.8. The number of nitrogens with two attached hydrogens (primary N) is 1. The molecule has 3 rings (SSSR count). The second-order valence-corrected chi connectivity index (χ2v) is 7.07. The molecule has 3 aromatic rings. The van der Waals surface area contributed by atoms with E-state index in [1.165, 1.54) is 12.4 Å². The van der Waals surface area contributed by atoms with Crippen molar-refractivity contribution in [2.75, 3.05) is 19.0 Å². The summed E-state index contributed by atoms with van der Waals surface area (Å²) >= 11 is 12.2. The number of amides is 1. The van der Waals surface area contributed by atoms with Crippen LogP contribution >= 0.6 is 23.2 Å². The zero-order chi connectivity index (χ0) is 21.8. The van der Waals surface area contributed by atoms with Crippen molar-refractivity contribution in [3.05, 3.63) is 52.1 Å². The molecule has 30 heavy (non-hydrogen) atoms. The summed E-state index contributed by atoms with van der Waals surface area (Å²) in [6.07, 6.45) is 2.74. The molecule has 0 aliphatic rings. The lowest BCUT2D eigenvalue weighted by Gasteiger charge is -2.09. The van der Waals surface area contributed by atoms with E-state index in [0.29, 0.717) is 23.7 Å². The Morgan fingerprint density at radius 2 is 1.97 bits per heavy atom. The largest absolute Gasteiger partial charge is 0.493 e. The predicted octanol–water partition coefficient (Wildman–Crippen LogP) is 4.72. The number of nitrogens with zero attached hydrogens (tertiary/aromatic N) is 2. The molecule has 0 spiro atoms. The molecular weight excluding hydrogens is 431 g/mol. The molecule has 0 radical (unpaired) electrons. The third kappa shape index (κ3) is 4.51. The van der Waals surface area contributed by atoms with Crippen molar-refractivity contribution >= 4 is 34.8 Å². The molecule has 2 aromatic heterocycles. The maximum atomic E-state index is 12.9. The molecule has 0 fully saturated rings. The second kappa shape index (κ2) is 9.34. The van der Waals surface area contributed by atoms with E-state index in [4.69, 9.17) is 42.8 Å². The number of rotatable bonds is 7. The van der Waals surface area contributed by atoms with Gasteiger partial charge in [0.05, 0.1) is 35.5 Å². The van der Waals surface area contributed by atoms with Gasteiger partial charge in [0, 0.05) is 18.0 Å². The number of nitrogens with one attached hydrogen (secondary N) is 1. The predicted molar refractivity (Wildman–Crippen MR) is 114 cm³/mol. The average Bonchev–Trinajstić information content (AvgIpc) is 3.17. The third-order valence-corrected chi connectivity index (χ3v) is 4.66. The number of halogens is 2. The average molecular weight is 451 g/mol. The number of anilines is 1. The van der Waals surface area contributed by atoms with Gasteiger partial charge in [-0.1, -0.05) is 23.2 Å². The maximum Gasteiger partial charge on any atom is 0.278 e. The highest BCUT2D eigenvalue weighted by molar-refractivity contribution is 6.39. The van der Waals surface area contributed by atoms with Gasteiger partial charge >= 0.3 is 0 Å². The number of benzene rings is 1. The number of carbonyl (C=O) groups excluding carboxylic acids is 1. The molecule has 10 heteroatoms. The van der Waals surface area contributed by atoms with Crippen LogP contribution in [-0.4, -0.2) is 29.6 Å². The molecule has 1 amide bonds. The summed E-state index contributed by atoms with van der Waals surface area (Å²) in [6, 6.07) is 4.61. The molecule has 8 nitrogen and oxygen atoms in total. The van der Waals surface area contributed by atoms with E-state index >= 15 is 0 Å². The summed E-state index contributed by atoms with van der Waals surface area (Å²) in [7, 11) is 1.55. The summed E-state index contributed by atoms with van der Waals surface area (Å²) in [5.41, 5.74) is 6.85. The van der Waals surface area contributed by atoms with E-state index in [0.717, 1.165) is 0 Å². The van der Waals surface area contributed by atoms with Gasteiger partial charge in [-0.2, -0.15) is 0 Å². The molecule has 0 aliphatic heterocycles. The van der Waals surface area contributed by atoms with E-state index < -0.39 is 11.9 Å². The van der Waals surface area contributed by atoms with Gasteiger partial charge in [0.25, 0.3) is 5.91 Å². The van der Waals surface area contributed by atoms with Crippen molar-refractivity contribution in [1.29, 1.82) is 0 Å². The van der Waals surface area contributed by atoms with Gasteiger partial charge in [0.15, 0.2) is 23.0 Å². The molecule has 0 saturated heterocycles. The Bertz CT molecular complexity index is 1050. The van der Waals surface area contributed by atoms with Crippen molar-refractivity contribution < 1.29 is 18.7 Å². The first-order valence-electron chi connectivity index (χ1n) is 9.03. The quantitative estimate of drug-likeness (QED) is 0.534. The SMILES string of the molecule is CCOc1cc(-c2nc(C(=O)Nc3c(Cl)cncc3Cl)c([C@H](C)N)o2)ccc1OC. The summed E-state index contributed by atoms with van der Waals surface area (Å²) in [5.74, 6) is 0.963. The number of oxazole rings is 1. The van der Waals surface area contributed by atoms with Crippen molar-refractivity contribution in [2.45, 2.75) is 19.9 Å². The fourth-order valence-electron chi connectivity index (χ4n) is 2.71.